The van der Waals surface area contributed by atoms with Gasteiger partial charge in [-0.25, -0.2) is 0 Å². The summed E-state index contributed by atoms with van der Waals surface area (Å²) in [6.45, 7) is 6.03. The number of ether oxygens (including phenoxy) is 1. The average molecular weight is 374 g/mol. The van der Waals surface area contributed by atoms with Crippen molar-refractivity contribution < 1.29 is 14.3 Å². The van der Waals surface area contributed by atoms with Crippen molar-refractivity contribution >= 4 is 11.9 Å². The van der Waals surface area contributed by atoms with Gasteiger partial charge in [0.2, 0.25) is 0 Å². The fourth-order valence-corrected chi connectivity index (χ4v) is 3.55. The second kappa shape index (κ2) is 11.8. The van der Waals surface area contributed by atoms with E-state index in [0.717, 1.165) is 24.0 Å². The molecule has 1 heterocycles. The first kappa shape index (κ1) is 21.5. The summed E-state index contributed by atoms with van der Waals surface area (Å²) < 4.78 is 5.46. The summed E-state index contributed by atoms with van der Waals surface area (Å²) in [5, 5.41) is 0. The molecule has 0 aliphatic carbocycles. The Hall–Kier alpha value is -1.84. The number of hydrogen-bond donors (Lipinski definition) is 0. The Morgan fingerprint density at radius 2 is 1.56 bits per heavy atom. The number of carbonyl (C=O) groups is 2. The van der Waals surface area contributed by atoms with Gasteiger partial charge in [0.1, 0.15) is 0 Å². The molecule has 1 aliphatic rings. The first-order valence-electron chi connectivity index (χ1n) is 10.6. The molecule has 0 atom stereocenters. The summed E-state index contributed by atoms with van der Waals surface area (Å²) in [4.78, 5) is 26.6. The van der Waals surface area contributed by atoms with Crippen molar-refractivity contribution in [1.82, 2.24) is 4.90 Å². The maximum atomic E-state index is 12.5. The van der Waals surface area contributed by atoms with Crippen LogP contribution in [0.2, 0.25) is 0 Å². The van der Waals surface area contributed by atoms with Crippen LogP contribution in [0.1, 0.15) is 80.6 Å². The number of piperidine rings is 1. The Morgan fingerprint density at radius 3 is 2.19 bits per heavy atom. The molecule has 2 rings (SSSR count). The maximum absolute atomic E-state index is 12.5. The van der Waals surface area contributed by atoms with Crippen molar-refractivity contribution in [3.05, 3.63) is 35.4 Å². The second-order valence-electron chi connectivity index (χ2n) is 7.72. The van der Waals surface area contributed by atoms with E-state index in [1.807, 2.05) is 36.1 Å². The third-order valence-corrected chi connectivity index (χ3v) is 5.41. The molecule has 1 aliphatic heterocycles. The van der Waals surface area contributed by atoms with Gasteiger partial charge in [-0.3, -0.25) is 9.59 Å². The molecule has 0 bridgehead atoms. The van der Waals surface area contributed by atoms with Crippen molar-refractivity contribution in [3.8, 4) is 0 Å². The van der Waals surface area contributed by atoms with E-state index < -0.39 is 0 Å². The largest absolute Gasteiger partial charge is 0.465 e. The summed E-state index contributed by atoms with van der Waals surface area (Å²) in [6, 6.07) is 7.67. The molecule has 27 heavy (non-hydrogen) atoms. The molecule has 1 aromatic carbocycles. The Morgan fingerprint density at radius 1 is 0.963 bits per heavy atom. The molecule has 150 valence electrons. The number of nitrogens with zero attached hydrogens (tertiary/aromatic N) is 1. The smallest absolute Gasteiger partial charge is 0.309 e. The van der Waals surface area contributed by atoms with Gasteiger partial charge in [-0.1, -0.05) is 63.1 Å². The summed E-state index contributed by atoms with van der Waals surface area (Å²) >= 11 is 0. The molecule has 4 nitrogen and oxygen atoms in total. The summed E-state index contributed by atoms with van der Waals surface area (Å²) in [5.41, 5.74) is 1.87. The molecular formula is C23H35NO3. The van der Waals surface area contributed by atoms with E-state index in [4.69, 9.17) is 4.74 Å². The van der Waals surface area contributed by atoms with Gasteiger partial charge in [-0.15, -0.1) is 0 Å². The topological polar surface area (TPSA) is 46.6 Å². The minimum atomic E-state index is -0.0802. The van der Waals surface area contributed by atoms with E-state index in [1.54, 1.807) is 0 Å². The maximum Gasteiger partial charge on any atom is 0.309 e. The lowest BCUT2D eigenvalue weighted by molar-refractivity contribution is -0.150. The predicted molar refractivity (Wildman–Crippen MR) is 109 cm³/mol. The summed E-state index contributed by atoms with van der Waals surface area (Å²) in [5.74, 6) is -0.0788. The molecule has 0 unspecified atom stereocenters. The van der Waals surface area contributed by atoms with Gasteiger partial charge in [-0.2, -0.15) is 0 Å². The number of likely N-dealkylation sites (tertiary alicyclic amines) is 1. The highest BCUT2D eigenvalue weighted by Gasteiger charge is 2.28. The van der Waals surface area contributed by atoms with E-state index in [-0.39, 0.29) is 17.8 Å². The van der Waals surface area contributed by atoms with Gasteiger partial charge in [0.25, 0.3) is 5.91 Å². The van der Waals surface area contributed by atoms with Crippen molar-refractivity contribution in [2.45, 2.75) is 71.6 Å². The number of carbonyl (C=O) groups excluding carboxylic acids is 2. The molecule has 1 fully saturated rings. The van der Waals surface area contributed by atoms with E-state index in [0.29, 0.717) is 32.5 Å². The third kappa shape index (κ3) is 7.36. The third-order valence-electron chi connectivity index (χ3n) is 5.41. The van der Waals surface area contributed by atoms with Crippen LogP contribution in [0, 0.1) is 12.8 Å². The molecule has 0 aromatic heterocycles. The number of amides is 1. The Bertz CT molecular complexity index is 574. The molecule has 4 heteroatoms. The van der Waals surface area contributed by atoms with Crippen LogP contribution in [0.5, 0.6) is 0 Å². The molecular weight excluding hydrogens is 338 g/mol. The highest BCUT2D eigenvalue weighted by Crippen LogP contribution is 2.21. The van der Waals surface area contributed by atoms with Crippen LogP contribution in [0.3, 0.4) is 0 Å². The molecule has 0 saturated carbocycles. The highest BCUT2D eigenvalue weighted by molar-refractivity contribution is 5.94. The van der Waals surface area contributed by atoms with E-state index in [1.165, 1.54) is 32.1 Å². The molecule has 1 aromatic rings. The Balaban J connectivity index is 1.61. The number of benzene rings is 1. The number of unbranched alkanes of at least 4 members (excludes halogenated alkanes) is 6. The van der Waals surface area contributed by atoms with Gasteiger partial charge in [0.05, 0.1) is 12.5 Å². The standard InChI is InChI=1S/C23H35NO3/c1-3-4-5-6-7-8-9-18-27-23(26)21-14-16-24(17-15-21)22(25)20-12-10-19(2)11-13-20/h10-13,21H,3-9,14-18H2,1-2H3. The van der Waals surface area contributed by atoms with E-state index in [9.17, 15) is 9.59 Å². The molecule has 1 saturated heterocycles. The van der Waals surface area contributed by atoms with Crippen LogP contribution in [0.15, 0.2) is 24.3 Å². The van der Waals surface area contributed by atoms with Crippen molar-refractivity contribution in [3.63, 3.8) is 0 Å². The van der Waals surface area contributed by atoms with Gasteiger partial charge in [0, 0.05) is 18.7 Å². The first-order chi connectivity index (χ1) is 13.1. The fourth-order valence-electron chi connectivity index (χ4n) is 3.55. The monoisotopic (exact) mass is 373 g/mol. The lowest BCUT2D eigenvalue weighted by Gasteiger charge is -2.31. The average Bonchev–Trinajstić information content (AvgIpc) is 2.70. The van der Waals surface area contributed by atoms with Crippen molar-refractivity contribution in [1.29, 1.82) is 0 Å². The second-order valence-corrected chi connectivity index (χ2v) is 7.72. The van der Waals surface area contributed by atoms with Crippen LogP contribution >= 0.6 is 0 Å². The first-order valence-corrected chi connectivity index (χ1v) is 10.6. The minimum Gasteiger partial charge on any atom is -0.465 e. The lowest BCUT2D eigenvalue weighted by atomic mass is 9.96. The SMILES string of the molecule is CCCCCCCCCOC(=O)C1CCN(C(=O)c2ccc(C)cc2)CC1. The zero-order valence-electron chi connectivity index (χ0n) is 17.0. The lowest BCUT2D eigenvalue weighted by Crippen LogP contribution is -2.40. The van der Waals surface area contributed by atoms with Crippen LogP contribution in [-0.4, -0.2) is 36.5 Å². The number of esters is 1. The zero-order valence-corrected chi connectivity index (χ0v) is 17.0. The van der Waals surface area contributed by atoms with Crippen molar-refractivity contribution in [2.75, 3.05) is 19.7 Å². The number of rotatable bonds is 10. The van der Waals surface area contributed by atoms with Gasteiger partial charge >= 0.3 is 5.97 Å². The van der Waals surface area contributed by atoms with Gasteiger partial charge in [0.15, 0.2) is 0 Å². The molecule has 1 amide bonds. The zero-order chi connectivity index (χ0) is 19.5. The van der Waals surface area contributed by atoms with Crippen LogP contribution in [-0.2, 0) is 9.53 Å². The molecule has 0 radical (unpaired) electrons. The quantitative estimate of drug-likeness (QED) is 0.421. The van der Waals surface area contributed by atoms with E-state index >= 15 is 0 Å². The minimum absolute atomic E-state index is 0.0587. The summed E-state index contributed by atoms with van der Waals surface area (Å²) in [7, 11) is 0. The molecule has 0 spiro atoms. The molecule has 0 N–H and O–H groups in total. The van der Waals surface area contributed by atoms with Crippen LogP contribution in [0.25, 0.3) is 0 Å². The van der Waals surface area contributed by atoms with Gasteiger partial charge in [-0.05, 0) is 38.3 Å². The summed E-state index contributed by atoms with van der Waals surface area (Å²) in [6.07, 6.45) is 9.93. The Kier molecular flexibility index (Phi) is 9.37. The van der Waals surface area contributed by atoms with Crippen molar-refractivity contribution in [2.24, 2.45) is 5.92 Å². The van der Waals surface area contributed by atoms with Crippen LogP contribution < -0.4 is 0 Å². The van der Waals surface area contributed by atoms with E-state index in [2.05, 4.69) is 6.92 Å². The normalized spacial score (nSPS) is 15.0. The Labute approximate surface area is 164 Å². The number of aryl methyl sites for hydroxylation is 1. The fraction of sp³-hybridized carbons (Fsp3) is 0.652. The predicted octanol–water partition coefficient (Wildman–Crippen LogP) is 5.14. The van der Waals surface area contributed by atoms with Gasteiger partial charge < -0.3 is 9.64 Å². The highest BCUT2D eigenvalue weighted by atomic mass is 16.5. The van der Waals surface area contributed by atoms with Crippen LogP contribution in [0.4, 0.5) is 0 Å². The number of hydrogen-bond acceptors (Lipinski definition) is 3.